The van der Waals surface area contributed by atoms with Crippen molar-refractivity contribution in [3.63, 3.8) is 0 Å². The normalized spacial score (nSPS) is 15.3. The van der Waals surface area contributed by atoms with Crippen molar-refractivity contribution in [2.75, 3.05) is 39.8 Å². The Labute approximate surface area is 213 Å². The average molecular weight is 563 g/mol. The molecule has 33 heavy (non-hydrogen) atoms. The largest absolute Gasteiger partial charge is 0.497 e. The lowest BCUT2D eigenvalue weighted by Gasteiger charge is -2.27. The summed E-state index contributed by atoms with van der Waals surface area (Å²) in [4.78, 5) is 15.5. The van der Waals surface area contributed by atoms with Gasteiger partial charge in [0.25, 0.3) is 0 Å². The molecule has 1 aromatic heterocycles. The average Bonchev–Trinajstić information content (AvgIpc) is 3.49. The lowest BCUT2D eigenvalue weighted by atomic mass is 10.1. The van der Waals surface area contributed by atoms with Crippen molar-refractivity contribution in [2.45, 2.75) is 32.2 Å². The molecule has 1 aliphatic rings. The maximum Gasteiger partial charge on any atom is 0.191 e. The Bertz CT molecular complexity index is 980. The molecule has 1 atom stereocenters. The Hall–Kier alpha value is -2.33. The number of aromatic nitrogens is 2. The van der Waals surface area contributed by atoms with E-state index in [2.05, 4.69) is 50.6 Å². The number of methoxy groups -OCH3 is 1. The first-order valence-electron chi connectivity index (χ1n) is 11.6. The number of nitrogens with zero attached hydrogens (tertiary/aromatic N) is 3. The highest BCUT2D eigenvalue weighted by molar-refractivity contribution is 14.0. The standard InChI is InChI=1S/C25H34N6O.HI/c1-3-26-25(27-15-14-24-29-21-8-4-5-9-22(21)30-24)28-18-23(31-16-6-7-17-31)19-10-12-20(32-2)13-11-19;/h4-5,8-13,23H,3,6-7,14-18H2,1-2H3,(H,29,30)(H2,26,27,28);1H. The highest BCUT2D eigenvalue weighted by Crippen LogP contribution is 2.27. The lowest BCUT2D eigenvalue weighted by molar-refractivity contribution is 0.251. The number of H-pyrrole nitrogens is 1. The summed E-state index contributed by atoms with van der Waals surface area (Å²) in [5, 5.41) is 6.85. The number of guanidine groups is 1. The minimum absolute atomic E-state index is 0. The summed E-state index contributed by atoms with van der Waals surface area (Å²) in [5.41, 5.74) is 3.38. The number of aromatic amines is 1. The van der Waals surface area contributed by atoms with Gasteiger partial charge in [-0.3, -0.25) is 9.89 Å². The van der Waals surface area contributed by atoms with Gasteiger partial charge in [0.15, 0.2) is 5.96 Å². The van der Waals surface area contributed by atoms with Gasteiger partial charge in [0.2, 0.25) is 0 Å². The predicted molar refractivity (Wildman–Crippen MR) is 146 cm³/mol. The van der Waals surface area contributed by atoms with Crippen molar-refractivity contribution in [3.8, 4) is 5.75 Å². The van der Waals surface area contributed by atoms with E-state index in [9.17, 15) is 0 Å². The molecule has 178 valence electrons. The van der Waals surface area contributed by atoms with Crippen LogP contribution in [0.15, 0.2) is 53.5 Å². The van der Waals surface area contributed by atoms with Crippen LogP contribution in [0.4, 0.5) is 0 Å². The summed E-state index contributed by atoms with van der Waals surface area (Å²) < 4.78 is 5.34. The second-order valence-corrected chi connectivity index (χ2v) is 8.13. The SMILES string of the molecule is CCNC(=NCC(c1ccc(OC)cc1)N1CCCC1)NCCc1nc2ccccc2[nH]1.I. The van der Waals surface area contributed by atoms with Crippen LogP contribution in [0.1, 0.15) is 37.2 Å². The van der Waals surface area contributed by atoms with Crippen molar-refractivity contribution < 1.29 is 4.74 Å². The minimum Gasteiger partial charge on any atom is -0.497 e. The van der Waals surface area contributed by atoms with Crippen LogP contribution in [-0.2, 0) is 6.42 Å². The van der Waals surface area contributed by atoms with Gasteiger partial charge in [-0.05, 0) is 62.7 Å². The van der Waals surface area contributed by atoms with E-state index < -0.39 is 0 Å². The maximum absolute atomic E-state index is 5.34. The van der Waals surface area contributed by atoms with Crippen LogP contribution in [0.5, 0.6) is 5.75 Å². The van der Waals surface area contributed by atoms with Crippen LogP contribution >= 0.6 is 24.0 Å². The number of halogens is 1. The Morgan fingerprint density at radius 1 is 1.12 bits per heavy atom. The minimum atomic E-state index is 0. The third-order valence-electron chi connectivity index (χ3n) is 5.94. The maximum atomic E-state index is 5.34. The van der Waals surface area contributed by atoms with Gasteiger partial charge in [-0.1, -0.05) is 24.3 Å². The van der Waals surface area contributed by atoms with Gasteiger partial charge in [0.1, 0.15) is 11.6 Å². The number of para-hydroxylation sites is 2. The highest BCUT2D eigenvalue weighted by Gasteiger charge is 2.23. The third kappa shape index (κ3) is 6.83. The van der Waals surface area contributed by atoms with Crippen molar-refractivity contribution in [1.82, 2.24) is 25.5 Å². The molecule has 0 amide bonds. The number of hydrogen-bond acceptors (Lipinski definition) is 4. The zero-order valence-electron chi connectivity index (χ0n) is 19.5. The van der Waals surface area contributed by atoms with Crippen LogP contribution in [0.25, 0.3) is 11.0 Å². The molecule has 0 aliphatic carbocycles. The van der Waals surface area contributed by atoms with Gasteiger partial charge in [-0.25, -0.2) is 4.98 Å². The molecular weight excluding hydrogens is 527 g/mol. The molecular formula is C25H35IN6O. The molecule has 1 saturated heterocycles. The number of hydrogen-bond donors (Lipinski definition) is 3. The molecule has 0 radical (unpaired) electrons. The fourth-order valence-electron chi connectivity index (χ4n) is 4.25. The number of nitrogens with one attached hydrogen (secondary N) is 3. The van der Waals surface area contributed by atoms with Gasteiger partial charge in [0.05, 0.1) is 30.7 Å². The molecule has 1 aliphatic heterocycles. The molecule has 2 aromatic carbocycles. The summed E-state index contributed by atoms with van der Waals surface area (Å²) in [6, 6.07) is 16.8. The topological polar surface area (TPSA) is 77.6 Å². The number of benzene rings is 2. The monoisotopic (exact) mass is 562 g/mol. The van der Waals surface area contributed by atoms with Crippen LogP contribution < -0.4 is 15.4 Å². The number of rotatable bonds is 9. The van der Waals surface area contributed by atoms with E-state index >= 15 is 0 Å². The first-order valence-corrected chi connectivity index (χ1v) is 11.6. The summed E-state index contributed by atoms with van der Waals surface area (Å²) >= 11 is 0. The van der Waals surface area contributed by atoms with Gasteiger partial charge < -0.3 is 20.4 Å². The Balaban J connectivity index is 0.00000306. The van der Waals surface area contributed by atoms with Crippen LogP contribution in [-0.4, -0.2) is 60.7 Å². The molecule has 3 aromatic rings. The Morgan fingerprint density at radius 2 is 1.88 bits per heavy atom. The fraction of sp³-hybridized carbons (Fsp3) is 0.440. The Morgan fingerprint density at radius 3 is 2.58 bits per heavy atom. The van der Waals surface area contributed by atoms with E-state index in [1.807, 2.05) is 30.3 Å². The van der Waals surface area contributed by atoms with E-state index in [1.165, 1.54) is 18.4 Å². The molecule has 1 fully saturated rings. The van der Waals surface area contributed by atoms with Crippen LogP contribution in [0.2, 0.25) is 0 Å². The molecule has 0 bridgehead atoms. The predicted octanol–water partition coefficient (Wildman–Crippen LogP) is 4.12. The summed E-state index contributed by atoms with van der Waals surface area (Å²) in [6.07, 6.45) is 3.32. The van der Waals surface area contributed by atoms with E-state index in [-0.39, 0.29) is 30.0 Å². The quantitative estimate of drug-likeness (QED) is 0.208. The number of fused-ring (bicyclic) bond motifs is 1. The van der Waals surface area contributed by atoms with Crippen molar-refractivity contribution in [3.05, 3.63) is 59.9 Å². The second kappa shape index (κ2) is 12.8. The molecule has 0 saturated carbocycles. The molecule has 0 spiro atoms. The number of likely N-dealkylation sites (tertiary alicyclic amines) is 1. The molecule has 8 heteroatoms. The highest BCUT2D eigenvalue weighted by atomic mass is 127. The van der Waals surface area contributed by atoms with Crippen molar-refractivity contribution in [2.24, 2.45) is 4.99 Å². The smallest absolute Gasteiger partial charge is 0.191 e. The van der Waals surface area contributed by atoms with Crippen molar-refractivity contribution >= 4 is 41.0 Å². The number of aliphatic imine (C=N–C) groups is 1. The molecule has 7 nitrogen and oxygen atoms in total. The number of imidazole rings is 1. The van der Waals surface area contributed by atoms with Crippen LogP contribution in [0.3, 0.4) is 0 Å². The van der Waals surface area contributed by atoms with Crippen molar-refractivity contribution in [1.29, 1.82) is 0 Å². The van der Waals surface area contributed by atoms with E-state index in [1.54, 1.807) is 7.11 Å². The summed E-state index contributed by atoms with van der Waals surface area (Å²) in [7, 11) is 1.71. The van der Waals surface area contributed by atoms with Gasteiger partial charge in [0, 0.05) is 19.5 Å². The first kappa shape index (κ1) is 25.3. The van der Waals surface area contributed by atoms with E-state index in [4.69, 9.17) is 9.73 Å². The zero-order valence-corrected chi connectivity index (χ0v) is 21.8. The molecule has 2 heterocycles. The molecule has 3 N–H and O–H groups in total. The zero-order chi connectivity index (χ0) is 22.2. The third-order valence-corrected chi connectivity index (χ3v) is 5.94. The first-order chi connectivity index (χ1) is 15.8. The van der Waals surface area contributed by atoms with E-state index in [0.29, 0.717) is 6.54 Å². The fourth-order valence-corrected chi connectivity index (χ4v) is 4.25. The van der Waals surface area contributed by atoms with Gasteiger partial charge in [-0.2, -0.15) is 0 Å². The molecule has 1 unspecified atom stereocenters. The second-order valence-electron chi connectivity index (χ2n) is 8.13. The summed E-state index contributed by atoms with van der Waals surface area (Å²) in [5.74, 6) is 2.72. The molecule has 4 rings (SSSR count). The van der Waals surface area contributed by atoms with E-state index in [0.717, 1.165) is 61.2 Å². The van der Waals surface area contributed by atoms with Gasteiger partial charge in [-0.15, -0.1) is 24.0 Å². The lowest BCUT2D eigenvalue weighted by Crippen LogP contribution is -2.39. The summed E-state index contributed by atoms with van der Waals surface area (Å²) in [6.45, 7) is 6.66. The van der Waals surface area contributed by atoms with Gasteiger partial charge >= 0.3 is 0 Å². The Kier molecular flexibility index (Phi) is 9.80. The number of ether oxygens (including phenoxy) is 1. The van der Waals surface area contributed by atoms with Crippen LogP contribution in [0, 0.1) is 0 Å².